The number of benzene rings is 1. The minimum atomic E-state index is -0.863. The number of hydrogen-bond donors (Lipinski definition) is 2. The molecular formula is C15H14F2N2O2S. The molecule has 2 aromatic rings. The number of aryl methyl sites for hydroxylation is 2. The number of rotatable bonds is 3. The second kappa shape index (κ2) is 6.65. The first-order valence-electron chi connectivity index (χ1n) is 6.56. The molecule has 7 heteroatoms. The van der Waals surface area contributed by atoms with Crippen molar-refractivity contribution in [1.82, 2.24) is 10.9 Å². The van der Waals surface area contributed by atoms with Crippen LogP contribution in [0.25, 0.3) is 0 Å². The van der Waals surface area contributed by atoms with Crippen LogP contribution in [0.15, 0.2) is 24.3 Å². The van der Waals surface area contributed by atoms with E-state index in [1.807, 2.05) is 13.8 Å². The highest BCUT2D eigenvalue weighted by Crippen LogP contribution is 2.22. The maximum absolute atomic E-state index is 13.0. The summed E-state index contributed by atoms with van der Waals surface area (Å²) in [5.74, 6) is -3.00. The van der Waals surface area contributed by atoms with Gasteiger partial charge in [0.1, 0.15) is 11.6 Å². The smallest absolute Gasteiger partial charge is 0.267 e. The summed E-state index contributed by atoms with van der Waals surface area (Å²) in [7, 11) is 0. The van der Waals surface area contributed by atoms with Crippen molar-refractivity contribution in [2.24, 2.45) is 0 Å². The first-order valence-corrected chi connectivity index (χ1v) is 7.38. The summed E-state index contributed by atoms with van der Waals surface area (Å²) < 4.78 is 26.1. The Morgan fingerprint density at radius 2 is 1.64 bits per heavy atom. The van der Waals surface area contributed by atoms with Gasteiger partial charge in [0.2, 0.25) is 0 Å². The highest BCUT2D eigenvalue weighted by Gasteiger charge is 2.14. The molecule has 1 aromatic heterocycles. The summed E-state index contributed by atoms with van der Waals surface area (Å²) in [6.45, 7) is 3.89. The molecule has 1 heterocycles. The Morgan fingerprint density at radius 1 is 1.05 bits per heavy atom. The lowest BCUT2D eigenvalue weighted by Crippen LogP contribution is -2.41. The lowest BCUT2D eigenvalue weighted by Gasteiger charge is -2.06. The molecule has 0 saturated carbocycles. The fourth-order valence-corrected chi connectivity index (χ4v) is 2.92. The lowest BCUT2D eigenvalue weighted by atomic mass is 10.2. The van der Waals surface area contributed by atoms with Gasteiger partial charge < -0.3 is 0 Å². The Hall–Kier alpha value is -2.28. The van der Waals surface area contributed by atoms with Crippen molar-refractivity contribution < 1.29 is 18.4 Å². The quantitative estimate of drug-likeness (QED) is 0.853. The Balaban J connectivity index is 2.02. The molecule has 2 amide bonds. The molecule has 0 aliphatic heterocycles. The minimum Gasteiger partial charge on any atom is -0.267 e. The molecule has 4 nitrogen and oxygen atoms in total. The Bertz CT molecular complexity index is 708. The summed E-state index contributed by atoms with van der Waals surface area (Å²) >= 11 is 1.34. The summed E-state index contributed by atoms with van der Waals surface area (Å²) in [6, 6.07) is 4.16. The largest absolute Gasteiger partial charge is 0.279 e. The molecule has 0 aliphatic rings. The van der Waals surface area contributed by atoms with Crippen molar-refractivity contribution >= 4 is 23.2 Å². The van der Waals surface area contributed by atoms with E-state index >= 15 is 0 Å². The molecule has 1 aromatic carbocycles. The van der Waals surface area contributed by atoms with E-state index in [9.17, 15) is 18.4 Å². The second-order valence-corrected chi connectivity index (χ2v) is 5.77. The highest BCUT2D eigenvalue weighted by atomic mass is 32.1. The van der Waals surface area contributed by atoms with Crippen molar-refractivity contribution in [2.75, 3.05) is 0 Å². The summed E-state index contributed by atoms with van der Waals surface area (Å²) in [5.41, 5.74) is 5.16. The number of amides is 2. The monoisotopic (exact) mass is 324 g/mol. The zero-order valence-electron chi connectivity index (χ0n) is 12.0. The van der Waals surface area contributed by atoms with Crippen LogP contribution in [-0.4, -0.2) is 11.8 Å². The van der Waals surface area contributed by atoms with Gasteiger partial charge in [-0.25, -0.2) is 8.78 Å². The van der Waals surface area contributed by atoms with Crippen molar-refractivity contribution in [2.45, 2.75) is 20.3 Å². The third-order valence-electron chi connectivity index (χ3n) is 2.98. The minimum absolute atomic E-state index is 0.214. The van der Waals surface area contributed by atoms with E-state index in [0.717, 1.165) is 29.0 Å². The second-order valence-electron chi connectivity index (χ2n) is 4.64. The summed E-state index contributed by atoms with van der Waals surface area (Å²) in [5, 5.41) is 0. The molecule has 2 N–H and O–H groups in total. The van der Waals surface area contributed by atoms with E-state index in [0.29, 0.717) is 10.9 Å². The molecule has 0 fully saturated rings. The number of carbonyl (C=O) groups is 2. The third kappa shape index (κ3) is 3.67. The summed E-state index contributed by atoms with van der Waals surface area (Å²) in [6.07, 6.45) is 0.818. The topological polar surface area (TPSA) is 58.2 Å². The molecule has 0 bridgehead atoms. The van der Waals surface area contributed by atoms with Crippen molar-refractivity contribution in [3.05, 3.63) is 56.8 Å². The van der Waals surface area contributed by atoms with Crippen LogP contribution in [-0.2, 0) is 6.42 Å². The van der Waals surface area contributed by atoms with Gasteiger partial charge in [-0.2, -0.15) is 0 Å². The van der Waals surface area contributed by atoms with E-state index in [-0.39, 0.29) is 5.56 Å². The molecule has 22 heavy (non-hydrogen) atoms. The summed E-state index contributed by atoms with van der Waals surface area (Å²) in [4.78, 5) is 25.2. The average molecular weight is 324 g/mol. The molecule has 0 unspecified atom stereocenters. The van der Waals surface area contributed by atoms with E-state index in [2.05, 4.69) is 10.9 Å². The standard InChI is InChI=1S/C15H14F2N2O2S/c1-3-12-8(2)4-13(22-12)15(21)19-18-14(20)9-5-10(16)7-11(17)6-9/h4-7H,3H2,1-2H3,(H,18,20)(H,19,21). The predicted octanol–water partition coefficient (Wildman–Crippen LogP) is 2.97. The Kier molecular flexibility index (Phi) is 4.87. The van der Waals surface area contributed by atoms with Crippen LogP contribution in [0.5, 0.6) is 0 Å². The Labute approximate surface area is 130 Å². The molecule has 0 spiro atoms. The molecule has 0 atom stereocenters. The van der Waals surface area contributed by atoms with Crippen LogP contribution in [0.1, 0.15) is 37.4 Å². The van der Waals surface area contributed by atoms with Crippen LogP contribution >= 0.6 is 11.3 Å². The van der Waals surface area contributed by atoms with E-state index in [4.69, 9.17) is 0 Å². The van der Waals surface area contributed by atoms with E-state index < -0.39 is 23.4 Å². The molecule has 0 radical (unpaired) electrons. The maximum Gasteiger partial charge on any atom is 0.279 e. The van der Waals surface area contributed by atoms with Crippen LogP contribution in [0.3, 0.4) is 0 Å². The predicted molar refractivity (Wildman–Crippen MR) is 79.7 cm³/mol. The van der Waals surface area contributed by atoms with Gasteiger partial charge in [-0.05, 0) is 37.1 Å². The normalized spacial score (nSPS) is 10.4. The van der Waals surface area contributed by atoms with Gasteiger partial charge in [-0.15, -0.1) is 11.3 Å². The zero-order valence-corrected chi connectivity index (χ0v) is 12.8. The zero-order chi connectivity index (χ0) is 16.3. The van der Waals surface area contributed by atoms with Gasteiger partial charge in [-0.1, -0.05) is 6.92 Å². The number of nitrogens with one attached hydrogen (secondary N) is 2. The first-order chi connectivity index (χ1) is 10.4. The van der Waals surface area contributed by atoms with Gasteiger partial charge >= 0.3 is 0 Å². The molecule has 116 valence electrons. The third-order valence-corrected chi connectivity index (χ3v) is 4.36. The van der Waals surface area contributed by atoms with Crippen LogP contribution < -0.4 is 10.9 Å². The van der Waals surface area contributed by atoms with Crippen molar-refractivity contribution in [3.8, 4) is 0 Å². The lowest BCUT2D eigenvalue weighted by molar-refractivity contribution is 0.0848. The van der Waals surface area contributed by atoms with E-state index in [1.165, 1.54) is 11.3 Å². The molecule has 0 saturated heterocycles. The van der Waals surface area contributed by atoms with Crippen molar-refractivity contribution in [3.63, 3.8) is 0 Å². The van der Waals surface area contributed by atoms with Crippen LogP contribution in [0.2, 0.25) is 0 Å². The number of carbonyl (C=O) groups excluding carboxylic acids is 2. The molecule has 2 rings (SSSR count). The highest BCUT2D eigenvalue weighted by molar-refractivity contribution is 7.14. The van der Waals surface area contributed by atoms with Gasteiger partial charge in [0, 0.05) is 16.5 Å². The number of hydrazine groups is 1. The van der Waals surface area contributed by atoms with Gasteiger partial charge in [0.25, 0.3) is 11.8 Å². The van der Waals surface area contributed by atoms with Gasteiger partial charge in [0.05, 0.1) is 4.88 Å². The number of thiophene rings is 1. The molecular weight excluding hydrogens is 310 g/mol. The van der Waals surface area contributed by atoms with Crippen LogP contribution in [0, 0.1) is 18.6 Å². The van der Waals surface area contributed by atoms with Gasteiger partial charge in [-0.3, -0.25) is 20.4 Å². The average Bonchev–Trinajstić information content (AvgIpc) is 2.84. The van der Waals surface area contributed by atoms with E-state index in [1.54, 1.807) is 6.07 Å². The fourth-order valence-electron chi connectivity index (χ4n) is 1.91. The van der Waals surface area contributed by atoms with Crippen LogP contribution in [0.4, 0.5) is 8.78 Å². The first kappa shape index (κ1) is 16.1. The molecule has 0 aliphatic carbocycles. The number of halogens is 2. The SMILES string of the molecule is CCc1sc(C(=O)NNC(=O)c2cc(F)cc(F)c2)cc1C. The number of hydrogen-bond acceptors (Lipinski definition) is 3. The van der Waals surface area contributed by atoms with Gasteiger partial charge in [0.15, 0.2) is 0 Å². The Morgan fingerprint density at radius 3 is 2.18 bits per heavy atom. The van der Waals surface area contributed by atoms with Crippen molar-refractivity contribution in [1.29, 1.82) is 0 Å². The fraction of sp³-hybridized carbons (Fsp3) is 0.200. The maximum atomic E-state index is 13.0.